The van der Waals surface area contributed by atoms with Crippen molar-refractivity contribution in [2.75, 3.05) is 18.6 Å². The normalized spacial score (nSPS) is 24.8. The van der Waals surface area contributed by atoms with Crippen molar-refractivity contribution < 1.29 is 19.4 Å². The minimum atomic E-state index is -1.00. The Balaban J connectivity index is 2.45. The van der Waals surface area contributed by atoms with Crippen LogP contribution in [0.1, 0.15) is 33.6 Å². The molecule has 0 aliphatic heterocycles. The van der Waals surface area contributed by atoms with Crippen molar-refractivity contribution in [3.05, 3.63) is 0 Å². The molecule has 2 unspecified atom stereocenters. The van der Waals surface area contributed by atoms with Crippen molar-refractivity contribution in [2.45, 2.75) is 51.8 Å². The maximum Gasteiger partial charge on any atom is 0.326 e. The van der Waals surface area contributed by atoms with Crippen LogP contribution in [-0.4, -0.2) is 53.9 Å². The third-order valence-electron chi connectivity index (χ3n) is 4.06. The third kappa shape index (κ3) is 4.78. The van der Waals surface area contributed by atoms with Gasteiger partial charge in [-0.2, -0.15) is 11.8 Å². The van der Waals surface area contributed by atoms with E-state index in [0.717, 1.165) is 6.42 Å². The number of thioether (sulfide) groups is 1. The van der Waals surface area contributed by atoms with Crippen LogP contribution in [0.2, 0.25) is 0 Å². The summed E-state index contributed by atoms with van der Waals surface area (Å²) in [5.41, 5.74) is -0.134. The van der Waals surface area contributed by atoms with Gasteiger partial charge < -0.3 is 20.5 Å². The first-order valence-corrected chi connectivity index (χ1v) is 8.62. The summed E-state index contributed by atoms with van der Waals surface area (Å²) in [6.45, 7) is 6.70. The molecule has 1 fully saturated rings. The van der Waals surface area contributed by atoms with Gasteiger partial charge in [-0.3, -0.25) is 0 Å². The molecule has 0 aromatic heterocycles. The molecule has 1 aliphatic rings. The molecular weight excluding hydrogens is 292 g/mol. The number of hydrogen-bond donors (Lipinski definition) is 3. The van der Waals surface area contributed by atoms with Gasteiger partial charge in [-0.1, -0.05) is 13.8 Å². The summed E-state index contributed by atoms with van der Waals surface area (Å²) in [6, 6.07) is -1.26. The van der Waals surface area contributed by atoms with Crippen LogP contribution < -0.4 is 10.6 Å². The SMILES string of the molecule is CCOC1CC(NC(=O)N[C@H](CCSC)C(=O)O)C1(C)C. The van der Waals surface area contributed by atoms with Gasteiger partial charge in [0.15, 0.2) is 0 Å². The smallest absolute Gasteiger partial charge is 0.326 e. The van der Waals surface area contributed by atoms with E-state index < -0.39 is 18.0 Å². The van der Waals surface area contributed by atoms with Gasteiger partial charge in [-0.15, -0.1) is 0 Å². The highest BCUT2D eigenvalue weighted by atomic mass is 32.2. The lowest BCUT2D eigenvalue weighted by Gasteiger charge is -2.51. The predicted molar refractivity (Wildman–Crippen MR) is 83.7 cm³/mol. The lowest BCUT2D eigenvalue weighted by molar-refractivity contribution is -0.139. The monoisotopic (exact) mass is 318 g/mol. The Labute approximate surface area is 130 Å². The van der Waals surface area contributed by atoms with Crippen molar-refractivity contribution in [2.24, 2.45) is 5.41 Å². The Morgan fingerprint density at radius 3 is 2.62 bits per heavy atom. The van der Waals surface area contributed by atoms with Gasteiger partial charge in [0.1, 0.15) is 6.04 Å². The summed E-state index contributed by atoms with van der Waals surface area (Å²) >= 11 is 1.56. The average Bonchev–Trinajstić information content (AvgIpc) is 2.42. The number of ether oxygens (including phenoxy) is 1. The number of carboxylic acid groups (broad SMARTS) is 1. The van der Waals surface area contributed by atoms with E-state index >= 15 is 0 Å². The maximum atomic E-state index is 11.9. The van der Waals surface area contributed by atoms with Gasteiger partial charge in [0, 0.05) is 18.1 Å². The zero-order valence-corrected chi connectivity index (χ0v) is 14.0. The first-order chi connectivity index (χ1) is 9.82. The van der Waals surface area contributed by atoms with Gasteiger partial charge in [0.05, 0.1) is 6.10 Å². The molecule has 0 radical (unpaired) electrons. The fraction of sp³-hybridized carbons (Fsp3) is 0.857. The number of rotatable bonds is 8. The lowest BCUT2D eigenvalue weighted by atomic mass is 9.64. The van der Waals surface area contributed by atoms with Crippen molar-refractivity contribution in [3.63, 3.8) is 0 Å². The van der Waals surface area contributed by atoms with Gasteiger partial charge in [0.25, 0.3) is 0 Å². The van der Waals surface area contributed by atoms with E-state index in [2.05, 4.69) is 10.6 Å². The molecule has 1 rings (SSSR count). The van der Waals surface area contributed by atoms with Crippen molar-refractivity contribution in [3.8, 4) is 0 Å². The standard InChI is InChI=1S/C14H26N2O4S/c1-5-20-11-8-10(14(11,2)3)16-13(19)15-9(12(17)18)6-7-21-4/h9-11H,5-8H2,1-4H3,(H,17,18)(H2,15,16,19)/t9-,10?,11?/m1/s1. The Hall–Kier alpha value is -0.950. The van der Waals surface area contributed by atoms with Crippen LogP contribution in [0.5, 0.6) is 0 Å². The molecule has 0 aromatic rings. The van der Waals surface area contributed by atoms with E-state index in [-0.39, 0.29) is 17.6 Å². The van der Waals surface area contributed by atoms with E-state index in [1.807, 2.05) is 27.0 Å². The van der Waals surface area contributed by atoms with Gasteiger partial charge in [0.2, 0.25) is 0 Å². The van der Waals surface area contributed by atoms with E-state index in [9.17, 15) is 9.59 Å². The number of hydrogen-bond acceptors (Lipinski definition) is 4. The fourth-order valence-electron chi connectivity index (χ4n) is 2.47. The molecule has 21 heavy (non-hydrogen) atoms. The molecule has 3 N–H and O–H groups in total. The number of carbonyl (C=O) groups excluding carboxylic acids is 1. The van der Waals surface area contributed by atoms with Gasteiger partial charge in [-0.25, -0.2) is 9.59 Å². The van der Waals surface area contributed by atoms with Crippen LogP contribution in [-0.2, 0) is 9.53 Å². The molecule has 0 bridgehead atoms. The second kappa shape index (κ2) is 7.89. The largest absolute Gasteiger partial charge is 0.480 e. The van der Waals surface area contributed by atoms with Gasteiger partial charge >= 0.3 is 12.0 Å². The molecule has 122 valence electrons. The first kappa shape index (κ1) is 18.1. The predicted octanol–water partition coefficient (Wildman–Crippen LogP) is 1.70. The third-order valence-corrected chi connectivity index (χ3v) is 4.71. The molecule has 0 spiro atoms. The molecule has 0 saturated heterocycles. The number of aliphatic carboxylic acids is 1. The van der Waals surface area contributed by atoms with Crippen LogP contribution in [0, 0.1) is 5.41 Å². The first-order valence-electron chi connectivity index (χ1n) is 7.23. The highest BCUT2D eigenvalue weighted by Crippen LogP contribution is 2.42. The number of amides is 2. The Morgan fingerprint density at radius 1 is 1.48 bits per heavy atom. The van der Waals surface area contributed by atoms with Crippen molar-refractivity contribution >= 4 is 23.8 Å². The number of nitrogens with one attached hydrogen (secondary N) is 2. The molecule has 3 atom stereocenters. The molecule has 1 saturated carbocycles. The quantitative estimate of drug-likeness (QED) is 0.634. The van der Waals surface area contributed by atoms with Crippen LogP contribution in [0.3, 0.4) is 0 Å². The molecule has 6 nitrogen and oxygen atoms in total. The Kier molecular flexibility index (Phi) is 6.80. The summed E-state index contributed by atoms with van der Waals surface area (Å²) in [5.74, 6) is -0.308. The fourth-order valence-corrected chi connectivity index (χ4v) is 2.94. The lowest BCUT2D eigenvalue weighted by Crippen LogP contribution is -2.64. The van der Waals surface area contributed by atoms with E-state index in [0.29, 0.717) is 18.8 Å². The van der Waals surface area contributed by atoms with Crippen molar-refractivity contribution in [1.29, 1.82) is 0 Å². The maximum absolute atomic E-state index is 11.9. The highest BCUT2D eigenvalue weighted by molar-refractivity contribution is 7.98. The minimum absolute atomic E-state index is 0.00375. The Morgan fingerprint density at radius 2 is 2.14 bits per heavy atom. The average molecular weight is 318 g/mol. The summed E-state index contributed by atoms with van der Waals surface area (Å²) in [5, 5.41) is 14.5. The highest BCUT2D eigenvalue weighted by Gasteiger charge is 2.49. The van der Waals surface area contributed by atoms with Crippen LogP contribution in [0.4, 0.5) is 4.79 Å². The molecule has 7 heteroatoms. The zero-order chi connectivity index (χ0) is 16.0. The Bertz CT molecular complexity index is 376. The van der Waals surface area contributed by atoms with E-state index in [1.54, 1.807) is 11.8 Å². The molecule has 1 aliphatic carbocycles. The van der Waals surface area contributed by atoms with Crippen LogP contribution >= 0.6 is 11.8 Å². The van der Waals surface area contributed by atoms with E-state index in [4.69, 9.17) is 9.84 Å². The van der Waals surface area contributed by atoms with Gasteiger partial charge in [-0.05, 0) is 31.8 Å². The number of urea groups is 1. The van der Waals surface area contributed by atoms with E-state index in [1.165, 1.54) is 0 Å². The molecule has 0 heterocycles. The summed E-state index contributed by atoms with van der Waals surface area (Å²) in [7, 11) is 0. The molecule has 0 aromatic carbocycles. The second-order valence-electron chi connectivity index (χ2n) is 5.84. The summed E-state index contributed by atoms with van der Waals surface area (Å²) in [6.07, 6.45) is 3.22. The molecular formula is C14H26N2O4S. The topological polar surface area (TPSA) is 87.7 Å². The molecule has 2 amide bonds. The van der Waals surface area contributed by atoms with Crippen molar-refractivity contribution in [1.82, 2.24) is 10.6 Å². The minimum Gasteiger partial charge on any atom is -0.480 e. The second-order valence-corrected chi connectivity index (χ2v) is 6.83. The number of carboxylic acids is 1. The zero-order valence-electron chi connectivity index (χ0n) is 13.1. The van der Waals surface area contributed by atoms with Crippen LogP contribution in [0.25, 0.3) is 0 Å². The number of carbonyl (C=O) groups is 2. The van der Waals surface area contributed by atoms with Crippen LogP contribution in [0.15, 0.2) is 0 Å². The summed E-state index contributed by atoms with van der Waals surface area (Å²) in [4.78, 5) is 23.0. The summed E-state index contributed by atoms with van der Waals surface area (Å²) < 4.78 is 5.61.